The van der Waals surface area contributed by atoms with Gasteiger partial charge in [-0.3, -0.25) is 5.10 Å². The van der Waals surface area contributed by atoms with Crippen LogP contribution in [0.3, 0.4) is 0 Å². The van der Waals surface area contributed by atoms with Gasteiger partial charge in [0.25, 0.3) is 0 Å². The maximum absolute atomic E-state index is 6.02. The van der Waals surface area contributed by atoms with Crippen LogP contribution in [0.5, 0.6) is 5.75 Å². The monoisotopic (exact) mass is 431 g/mol. The molecule has 154 valence electrons. The van der Waals surface area contributed by atoms with E-state index in [1.165, 1.54) is 0 Å². The Morgan fingerprint density at radius 2 is 2.06 bits per heavy atom. The number of benzene rings is 2. The summed E-state index contributed by atoms with van der Waals surface area (Å²) in [5.74, 6) is 1.35. The van der Waals surface area contributed by atoms with E-state index < -0.39 is 0 Å². The molecule has 4 heterocycles. The van der Waals surface area contributed by atoms with Crippen molar-refractivity contribution in [2.45, 2.75) is 12.5 Å². The Morgan fingerprint density at radius 1 is 1.19 bits per heavy atom. The molecule has 0 bridgehead atoms. The van der Waals surface area contributed by atoms with E-state index in [1.807, 2.05) is 55.0 Å². The predicted molar refractivity (Wildman–Crippen MR) is 117 cm³/mol. The van der Waals surface area contributed by atoms with E-state index >= 15 is 0 Å². The second-order valence-corrected chi connectivity index (χ2v) is 7.99. The van der Waals surface area contributed by atoms with E-state index in [-0.39, 0.29) is 6.04 Å². The third-order valence-corrected chi connectivity index (χ3v) is 6.04. The number of ether oxygens (including phenoxy) is 2. The Balaban J connectivity index is 1.45. The van der Waals surface area contributed by atoms with Crippen LogP contribution in [0.15, 0.2) is 60.0 Å². The number of aliphatic imine (C=N–C) groups is 1. The van der Waals surface area contributed by atoms with Gasteiger partial charge in [0.05, 0.1) is 30.4 Å². The third kappa shape index (κ3) is 2.92. The van der Waals surface area contributed by atoms with Gasteiger partial charge in [-0.05, 0) is 35.9 Å². The first-order chi connectivity index (χ1) is 15.2. The maximum Gasteiger partial charge on any atom is 0.238 e. The van der Waals surface area contributed by atoms with Crippen molar-refractivity contribution >= 4 is 17.5 Å². The first-order valence-corrected chi connectivity index (χ1v) is 10.3. The highest BCUT2D eigenvalue weighted by atomic mass is 35.5. The van der Waals surface area contributed by atoms with E-state index in [2.05, 4.69) is 19.7 Å². The quantitative estimate of drug-likeness (QED) is 0.460. The van der Waals surface area contributed by atoms with Gasteiger partial charge in [0.2, 0.25) is 5.90 Å². The molecule has 31 heavy (non-hydrogen) atoms. The highest BCUT2D eigenvalue weighted by Gasteiger charge is 2.30. The number of rotatable bonds is 3. The van der Waals surface area contributed by atoms with Gasteiger partial charge in [-0.25, -0.2) is 9.98 Å². The Bertz CT molecular complexity index is 1320. The highest BCUT2D eigenvalue weighted by molar-refractivity contribution is 6.30. The van der Waals surface area contributed by atoms with Crippen LogP contribution in [-0.2, 0) is 11.2 Å². The molecule has 8 heteroatoms. The molecule has 2 aliphatic heterocycles. The summed E-state index contributed by atoms with van der Waals surface area (Å²) in [5, 5.41) is 8.12. The van der Waals surface area contributed by atoms with Gasteiger partial charge in [-0.15, -0.1) is 0 Å². The molecule has 0 amide bonds. The molecule has 7 nitrogen and oxygen atoms in total. The molecule has 0 saturated carbocycles. The summed E-state index contributed by atoms with van der Waals surface area (Å²) in [6.45, 7) is 0.480. The lowest BCUT2D eigenvalue weighted by molar-refractivity contribution is 0.319. The van der Waals surface area contributed by atoms with E-state index in [4.69, 9.17) is 26.1 Å². The van der Waals surface area contributed by atoms with E-state index in [1.54, 1.807) is 7.11 Å². The van der Waals surface area contributed by atoms with Crippen molar-refractivity contribution in [3.63, 3.8) is 0 Å². The number of hydrogen-bond donors (Lipinski definition) is 1. The van der Waals surface area contributed by atoms with Crippen molar-refractivity contribution in [2.75, 3.05) is 13.7 Å². The maximum atomic E-state index is 6.02. The minimum absolute atomic E-state index is 0.0728. The minimum atomic E-state index is -0.0728. The molecular formula is C23H18ClN5O2. The van der Waals surface area contributed by atoms with Crippen LogP contribution in [0.1, 0.15) is 28.6 Å². The Morgan fingerprint density at radius 3 is 2.90 bits per heavy atom. The van der Waals surface area contributed by atoms with Gasteiger partial charge in [0.15, 0.2) is 0 Å². The normalized spacial score (nSPS) is 16.6. The fourth-order valence-electron chi connectivity index (χ4n) is 4.20. The van der Waals surface area contributed by atoms with Crippen molar-refractivity contribution in [1.29, 1.82) is 0 Å². The summed E-state index contributed by atoms with van der Waals surface area (Å²) in [5.41, 5.74) is 6.93. The Kier molecular flexibility index (Phi) is 4.11. The molecule has 2 aliphatic rings. The summed E-state index contributed by atoms with van der Waals surface area (Å²) in [6, 6.07) is 13.6. The lowest BCUT2D eigenvalue weighted by Crippen LogP contribution is -2.08. The van der Waals surface area contributed by atoms with E-state index in [0.717, 1.165) is 45.2 Å². The fourth-order valence-corrected chi connectivity index (χ4v) is 4.33. The van der Waals surface area contributed by atoms with Crippen LogP contribution in [0.4, 0.5) is 0 Å². The molecule has 0 aliphatic carbocycles. The van der Waals surface area contributed by atoms with Crippen LogP contribution in [0.25, 0.3) is 16.9 Å². The zero-order valence-corrected chi connectivity index (χ0v) is 17.4. The number of aromatic nitrogens is 4. The first-order valence-electron chi connectivity index (χ1n) is 9.95. The lowest BCUT2D eigenvalue weighted by atomic mass is 10.0. The largest absolute Gasteiger partial charge is 0.497 e. The zero-order valence-electron chi connectivity index (χ0n) is 16.7. The molecule has 6 rings (SSSR count). The van der Waals surface area contributed by atoms with Crippen molar-refractivity contribution in [2.24, 2.45) is 4.99 Å². The summed E-state index contributed by atoms with van der Waals surface area (Å²) in [4.78, 5) is 9.51. The number of methoxy groups -OCH3 is 1. The second kappa shape index (κ2) is 6.99. The SMILES string of the molecule is COc1ccc2c(c1)-c1[nH]ncc1Cc1c(C3=N[C@H](c4ccc(Cl)cc4)CO3)ncn1-2. The second-order valence-electron chi connectivity index (χ2n) is 7.55. The summed E-state index contributed by atoms with van der Waals surface area (Å²) in [6.07, 6.45) is 4.35. The number of aromatic amines is 1. The number of nitrogens with one attached hydrogen (secondary N) is 1. The predicted octanol–water partition coefficient (Wildman–Crippen LogP) is 4.35. The topological polar surface area (TPSA) is 77.3 Å². The van der Waals surface area contributed by atoms with Crippen molar-refractivity contribution < 1.29 is 9.47 Å². The van der Waals surface area contributed by atoms with Crippen molar-refractivity contribution in [3.8, 4) is 22.7 Å². The molecule has 1 atom stereocenters. The van der Waals surface area contributed by atoms with Crippen LogP contribution >= 0.6 is 11.6 Å². The van der Waals surface area contributed by atoms with Crippen molar-refractivity contribution in [3.05, 3.63) is 82.5 Å². The molecule has 2 aromatic heterocycles. The molecule has 0 unspecified atom stereocenters. The fraction of sp³-hybridized carbons (Fsp3) is 0.174. The van der Waals surface area contributed by atoms with Crippen LogP contribution < -0.4 is 4.74 Å². The van der Waals surface area contributed by atoms with Crippen molar-refractivity contribution in [1.82, 2.24) is 19.7 Å². The van der Waals surface area contributed by atoms with Crippen LogP contribution in [0.2, 0.25) is 5.02 Å². The Hall–Kier alpha value is -3.58. The number of H-pyrrole nitrogens is 1. The van der Waals surface area contributed by atoms with Crippen LogP contribution in [0, 0.1) is 0 Å². The molecule has 0 spiro atoms. The summed E-state index contributed by atoms with van der Waals surface area (Å²) >= 11 is 6.02. The number of hydrogen-bond acceptors (Lipinski definition) is 5. The highest BCUT2D eigenvalue weighted by Crippen LogP contribution is 2.37. The number of imidazole rings is 1. The van der Waals surface area contributed by atoms with E-state index in [9.17, 15) is 0 Å². The molecular weight excluding hydrogens is 414 g/mol. The molecule has 2 aromatic carbocycles. The van der Waals surface area contributed by atoms with Gasteiger partial charge >= 0.3 is 0 Å². The molecule has 4 aromatic rings. The van der Waals surface area contributed by atoms with Gasteiger partial charge in [-0.1, -0.05) is 23.7 Å². The zero-order chi connectivity index (χ0) is 20.9. The number of nitrogens with zero attached hydrogens (tertiary/aromatic N) is 4. The first kappa shape index (κ1) is 18.2. The van der Waals surface area contributed by atoms with Gasteiger partial charge < -0.3 is 14.0 Å². The average Bonchev–Trinajstić information content (AvgIpc) is 3.53. The summed E-state index contributed by atoms with van der Waals surface area (Å²) in [7, 11) is 1.67. The Labute approximate surface area is 183 Å². The van der Waals surface area contributed by atoms with Gasteiger partial charge in [-0.2, -0.15) is 5.10 Å². The third-order valence-electron chi connectivity index (χ3n) is 5.78. The molecule has 0 radical (unpaired) electrons. The molecule has 1 N–H and O–H groups in total. The average molecular weight is 432 g/mol. The number of fused-ring (bicyclic) bond motifs is 5. The smallest absolute Gasteiger partial charge is 0.238 e. The minimum Gasteiger partial charge on any atom is -0.497 e. The lowest BCUT2D eigenvalue weighted by Gasteiger charge is -2.11. The van der Waals surface area contributed by atoms with E-state index in [0.29, 0.717) is 23.9 Å². The molecule has 0 fully saturated rings. The molecule has 0 saturated heterocycles. The van der Waals surface area contributed by atoms with Gasteiger partial charge in [0, 0.05) is 22.6 Å². The van der Waals surface area contributed by atoms with Gasteiger partial charge in [0.1, 0.15) is 30.4 Å². The van der Waals surface area contributed by atoms with Crippen LogP contribution in [-0.4, -0.2) is 39.4 Å². The number of halogens is 1. The summed E-state index contributed by atoms with van der Waals surface area (Å²) < 4.78 is 13.5. The standard InChI is InChI=1S/C23H18ClN5O2/c1-30-16-6-7-19-17(9-16)21-14(10-26-28-21)8-20-22(25-12-29(19)20)23-27-18(11-31-23)13-2-4-15(24)5-3-13/h2-7,9-10,12,18H,8,11H2,1H3,(H,26,28)/t18-/m0/s1.